The molecule has 2 aromatic heterocycles. The Labute approximate surface area is 414 Å². The van der Waals surface area contributed by atoms with Crippen LogP contribution in [-0.2, 0) is 29.6 Å². The molecule has 0 aliphatic carbocycles. The molecule has 0 saturated carbocycles. The van der Waals surface area contributed by atoms with E-state index in [1.165, 1.54) is 8.61 Å². The third-order valence-corrected chi connectivity index (χ3v) is 19.6. The molecule has 2 amide bonds. The van der Waals surface area contributed by atoms with Crippen LogP contribution >= 0.6 is 0 Å². The van der Waals surface area contributed by atoms with Crippen molar-refractivity contribution in [1.82, 2.24) is 38.6 Å². The number of H-pyrrole nitrogens is 2. The first-order valence-electron chi connectivity index (χ1n) is 24.9. The van der Waals surface area contributed by atoms with Crippen molar-refractivity contribution in [3.63, 3.8) is 0 Å². The zero-order valence-electron chi connectivity index (χ0n) is 39.8. The van der Waals surface area contributed by atoms with Gasteiger partial charge in [-0.1, -0.05) is 36.4 Å². The molecule has 6 fully saturated rings. The number of rotatable bonds is 12. The summed E-state index contributed by atoms with van der Waals surface area (Å²) in [4.78, 5) is 44.4. The van der Waals surface area contributed by atoms with Crippen LogP contribution in [0.2, 0.25) is 0 Å². The number of aromatic nitrogens is 2. The fourth-order valence-electron chi connectivity index (χ4n) is 11.6. The summed E-state index contributed by atoms with van der Waals surface area (Å²) in [6.45, 7) is 7.80. The van der Waals surface area contributed by atoms with Crippen LogP contribution in [-0.4, -0.2) is 183 Å². The van der Waals surface area contributed by atoms with Gasteiger partial charge < -0.3 is 44.9 Å². The highest BCUT2D eigenvalue weighted by molar-refractivity contribution is 7.89. The molecule has 6 saturated heterocycles. The smallest absolute Gasteiger partial charge is 0.243 e. The summed E-state index contributed by atoms with van der Waals surface area (Å²) in [6, 6.07) is 28.9. The number of aromatic amines is 2. The van der Waals surface area contributed by atoms with Gasteiger partial charge in [-0.2, -0.15) is 8.61 Å². The van der Waals surface area contributed by atoms with E-state index in [1.807, 2.05) is 79.8 Å². The Kier molecular flexibility index (Phi) is 11.6. The van der Waals surface area contributed by atoms with Gasteiger partial charge in [0.05, 0.1) is 15.4 Å². The number of piperazine rings is 2. The number of amides is 2. The van der Waals surface area contributed by atoms with Gasteiger partial charge in [0.25, 0.3) is 0 Å². The Morgan fingerprint density at radius 3 is 1.56 bits per heavy atom. The standard InChI is InChI=1S/C52H60N10O7S2/c1-56-22-24-58(25-23-56)51(64)49-15-19-62(49)71(68,69)39-11-13-47(41(29-39)45-27-37-7-3-5-9-43(37)55-45)60-33-52(65,34-60)30-35-31-59(32-35)46-12-10-38(28-40(46)44-26-36-6-2-4-8-42(36)54-44)70(66,67)61-18-14-48(61)50(63)57-20-16-53-17-21-57/h2-13,26-29,35,48-49,53-55,65H,14-25,30-34H2,1H3/t48-,49-/m0/s1. The maximum atomic E-state index is 14.3. The summed E-state index contributed by atoms with van der Waals surface area (Å²) in [5, 5.41) is 17.3. The number of likely N-dealkylation sites (N-methyl/N-ethyl adjacent to an activating group) is 1. The number of hydrogen-bond acceptors (Lipinski definition) is 11. The van der Waals surface area contributed by atoms with Crippen molar-refractivity contribution in [3.8, 4) is 22.5 Å². The van der Waals surface area contributed by atoms with Crippen LogP contribution < -0.4 is 15.1 Å². The molecular weight excluding hydrogens is 941 g/mol. The van der Waals surface area contributed by atoms with E-state index in [0.717, 1.165) is 63.2 Å². The third-order valence-electron chi connectivity index (χ3n) is 15.8. The van der Waals surface area contributed by atoms with Crippen molar-refractivity contribution in [2.75, 3.05) is 108 Å². The van der Waals surface area contributed by atoms with Gasteiger partial charge in [0, 0.05) is 147 Å². The molecule has 8 heterocycles. The normalized spacial score (nSPS) is 22.6. The molecule has 4 N–H and O–H groups in total. The first-order chi connectivity index (χ1) is 34.2. The molecule has 12 rings (SSSR count). The van der Waals surface area contributed by atoms with Crippen molar-refractivity contribution >= 4 is 65.0 Å². The number of hydrogen-bond donors (Lipinski definition) is 4. The third kappa shape index (κ3) is 8.28. The first-order valence-corrected chi connectivity index (χ1v) is 27.8. The number of anilines is 2. The minimum absolute atomic E-state index is 0.124. The molecular formula is C52H60N10O7S2. The second-order valence-corrected chi connectivity index (χ2v) is 24.3. The highest BCUT2D eigenvalue weighted by Crippen LogP contribution is 2.44. The minimum atomic E-state index is -4.01. The molecule has 6 aromatic rings. The Morgan fingerprint density at radius 2 is 1.08 bits per heavy atom. The number of para-hydroxylation sites is 2. The van der Waals surface area contributed by atoms with Crippen molar-refractivity contribution in [2.24, 2.45) is 5.92 Å². The first kappa shape index (κ1) is 46.3. The minimum Gasteiger partial charge on any atom is -0.386 e. The maximum Gasteiger partial charge on any atom is 0.243 e. The summed E-state index contributed by atoms with van der Waals surface area (Å²) in [7, 11) is -5.98. The number of nitrogens with zero attached hydrogens (tertiary/aromatic N) is 7. The number of carbonyl (C=O) groups is 2. The summed E-state index contributed by atoms with van der Waals surface area (Å²) in [5.74, 6) is -0.107. The monoisotopic (exact) mass is 1000 g/mol. The molecule has 372 valence electrons. The predicted octanol–water partition coefficient (Wildman–Crippen LogP) is 3.79. The van der Waals surface area contributed by atoms with Crippen LogP contribution in [0.15, 0.2) is 107 Å². The molecule has 0 unspecified atom stereocenters. The van der Waals surface area contributed by atoms with Crippen molar-refractivity contribution in [2.45, 2.75) is 46.7 Å². The van der Waals surface area contributed by atoms with E-state index in [9.17, 15) is 31.5 Å². The Morgan fingerprint density at radius 1 is 0.606 bits per heavy atom. The van der Waals surface area contributed by atoms with Gasteiger partial charge in [-0.05, 0) is 92.9 Å². The lowest BCUT2D eigenvalue weighted by Crippen LogP contribution is -2.65. The molecule has 0 radical (unpaired) electrons. The molecule has 0 spiro atoms. The van der Waals surface area contributed by atoms with E-state index in [2.05, 4.69) is 30.0 Å². The molecule has 6 aliphatic rings. The number of sulfonamides is 2. The van der Waals surface area contributed by atoms with Crippen molar-refractivity contribution in [1.29, 1.82) is 0 Å². The molecule has 2 atom stereocenters. The fourth-order valence-corrected chi connectivity index (χ4v) is 14.9. The fraction of sp³-hybridized carbons (Fsp3) is 0.423. The maximum absolute atomic E-state index is 14.3. The largest absolute Gasteiger partial charge is 0.386 e. The Hall–Kier alpha value is -5.80. The van der Waals surface area contributed by atoms with Gasteiger partial charge in [0.15, 0.2) is 0 Å². The van der Waals surface area contributed by atoms with Gasteiger partial charge in [0.2, 0.25) is 31.9 Å². The summed E-state index contributed by atoms with van der Waals surface area (Å²) in [6.07, 6.45) is 1.54. The van der Waals surface area contributed by atoms with Crippen molar-refractivity contribution in [3.05, 3.63) is 97.1 Å². The van der Waals surface area contributed by atoms with E-state index in [-0.39, 0.29) is 34.1 Å². The van der Waals surface area contributed by atoms with Gasteiger partial charge in [0.1, 0.15) is 12.1 Å². The average Bonchev–Trinajstić information content (AvgIpc) is 3.96. The zero-order valence-corrected chi connectivity index (χ0v) is 41.5. The second-order valence-electron chi connectivity index (χ2n) is 20.5. The number of aliphatic hydroxyl groups is 1. The number of carbonyl (C=O) groups excluding carboxylic acids is 2. The lowest BCUT2D eigenvalue weighted by atomic mass is 9.80. The molecule has 6 aliphatic heterocycles. The number of β-amino-alcohol motifs (C(OH)–C–C–N with tert-alkyl or cyclic N) is 1. The molecule has 0 bridgehead atoms. The van der Waals surface area contributed by atoms with E-state index in [1.54, 1.807) is 34.1 Å². The van der Waals surface area contributed by atoms with E-state index < -0.39 is 37.7 Å². The molecule has 4 aromatic carbocycles. The van der Waals surface area contributed by atoms with Crippen LogP contribution in [0.1, 0.15) is 19.3 Å². The number of nitrogens with one attached hydrogen (secondary N) is 3. The zero-order chi connectivity index (χ0) is 48.8. The lowest BCUT2D eigenvalue weighted by Gasteiger charge is -2.52. The number of fused-ring (bicyclic) bond motifs is 2. The van der Waals surface area contributed by atoms with Gasteiger partial charge in [-0.25, -0.2) is 16.8 Å². The van der Waals surface area contributed by atoms with Crippen LogP contribution in [0, 0.1) is 5.92 Å². The SMILES string of the molecule is CN1CCN(C(=O)[C@@H]2CCN2S(=O)(=O)c2ccc(N3CC(O)(CC4CN(c5ccc(S(=O)(=O)N6CC[C@H]6C(=O)N6CCNCC6)cc5-c5cc6ccccc6[nH]5)C4)C3)c(-c3cc4ccccc4[nH]3)c2)CC1. The Balaban J connectivity index is 0.762. The highest BCUT2D eigenvalue weighted by atomic mass is 32.2. The average molecular weight is 1000 g/mol. The topological polar surface area (TPSA) is 189 Å². The predicted molar refractivity (Wildman–Crippen MR) is 273 cm³/mol. The van der Waals surface area contributed by atoms with Crippen LogP contribution in [0.25, 0.3) is 44.3 Å². The van der Waals surface area contributed by atoms with Crippen LogP contribution in [0.3, 0.4) is 0 Å². The van der Waals surface area contributed by atoms with Crippen LogP contribution in [0.4, 0.5) is 11.4 Å². The second kappa shape index (κ2) is 17.7. The summed E-state index contributed by atoms with van der Waals surface area (Å²) < 4.78 is 60.0. The summed E-state index contributed by atoms with van der Waals surface area (Å²) >= 11 is 0. The molecule has 71 heavy (non-hydrogen) atoms. The van der Waals surface area contributed by atoms with E-state index in [0.29, 0.717) is 96.8 Å². The van der Waals surface area contributed by atoms with Crippen molar-refractivity contribution < 1.29 is 31.5 Å². The molecule has 19 heteroatoms. The summed E-state index contributed by atoms with van der Waals surface area (Å²) in [5.41, 5.74) is 5.57. The lowest BCUT2D eigenvalue weighted by molar-refractivity contribution is -0.140. The van der Waals surface area contributed by atoms with Gasteiger partial charge >= 0.3 is 0 Å². The highest BCUT2D eigenvalue weighted by Gasteiger charge is 2.49. The van der Waals surface area contributed by atoms with Gasteiger partial charge in [-0.3, -0.25) is 9.59 Å². The number of benzene rings is 4. The van der Waals surface area contributed by atoms with E-state index >= 15 is 0 Å². The Bertz CT molecular complexity index is 3210. The van der Waals surface area contributed by atoms with E-state index in [4.69, 9.17) is 0 Å². The molecule has 17 nitrogen and oxygen atoms in total. The quantitative estimate of drug-likeness (QED) is 0.140. The van der Waals surface area contributed by atoms with Crippen LogP contribution in [0.5, 0.6) is 0 Å². The van der Waals surface area contributed by atoms with Gasteiger partial charge in [-0.15, -0.1) is 0 Å².